The summed E-state index contributed by atoms with van der Waals surface area (Å²) in [5, 5.41) is 16.9. The zero-order valence-electron chi connectivity index (χ0n) is 18.1. The molecule has 2 amide bonds. The highest BCUT2D eigenvalue weighted by molar-refractivity contribution is 9.10. The Hall–Kier alpha value is -2.73. The van der Waals surface area contributed by atoms with Gasteiger partial charge in [-0.15, -0.1) is 0 Å². The van der Waals surface area contributed by atoms with Gasteiger partial charge >= 0.3 is 12.1 Å². The fraction of sp³-hybridized carbons (Fsp3) is 0.455. The summed E-state index contributed by atoms with van der Waals surface area (Å²) in [7, 11) is 0. The number of alkyl halides is 3. The van der Waals surface area contributed by atoms with Gasteiger partial charge in [0.2, 0.25) is 11.8 Å². The molecule has 3 N–H and O–H groups in total. The van der Waals surface area contributed by atoms with Gasteiger partial charge in [0.1, 0.15) is 0 Å². The Balaban J connectivity index is 0.000000406. The fourth-order valence-corrected chi connectivity index (χ4v) is 4.38. The Morgan fingerprint density at radius 2 is 1.79 bits per heavy atom. The van der Waals surface area contributed by atoms with Crippen LogP contribution in [0.15, 0.2) is 34.9 Å². The first-order valence-corrected chi connectivity index (χ1v) is 11.5. The molecule has 0 saturated carbocycles. The van der Waals surface area contributed by atoms with Gasteiger partial charge in [-0.1, -0.05) is 28.1 Å². The number of H-pyrrole nitrogens is 1. The normalized spacial score (nSPS) is 19.5. The van der Waals surface area contributed by atoms with Crippen molar-refractivity contribution < 1.29 is 32.7 Å². The summed E-state index contributed by atoms with van der Waals surface area (Å²) < 4.78 is 32.8. The van der Waals surface area contributed by atoms with Gasteiger partial charge in [-0.05, 0) is 56.0 Å². The summed E-state index contributed by atoms with van der Waals surface area (Å²) in [6.07, 6.45) is 0.177. The third kappa shape index (κ3) is 7.13. The number of piperidine rings is 1. The van der Waals surface area contributed by atoms with Crippen molar-refractivity contribution in [3.8, 4) is 11.3 Å². The Morgan fingerprint density at radius 1 is 1.18 bits per heavy atom. The zero-order valence-corrected chi connectivity index (χ0v) is 19.7. The number of hydrogen-bond donors (Lipinski definition) is 3. The van der Waals surface area contributed by atoms with E-state index in [4.69, 9.17) is 9.90 Å². The van der Waals surface area contributed by atoms with Gasteiger partial charge < -0.3 is 5.11 Å². The maximum atomic E-state index is 11.8. The minimum Gasteiger partial charge on any atom is -0.475 e. The van der Waals surface area contributed by atoms with Gasteiger partial charge in [0, 0.05) is 28.9 Å². The van der Waals surface area contributed by atoms with E-state index in [2.05, 4.69) is 48.5 Å². The number of carboxylic acid groups (broad SMARTS) is 1. The van der Waals surface area contributed by atoms with E-state index in [1.165, 1.54) is 5.56 Å². The summed E-state index contributed by atoms with van der Waals surface area (Å²) in [6, 6.07) is 8.24. The fourth-order valence-electron chi connectivity index (χ4n) is 4.12. The SMILES string of the molecule is O=C(O)C(F)(F)F.O=C1CC(CC2CCN(Cc3cn[nH]c3-c3ccc(Br)cc3)CC2)C(=O)N1. The molecule has 12 heteroatoms. The molecule has 0 bridgehead atoms. The predicted molar refractivity (Wildman–Crippen MR) is 119 cm³/mol. The van der Waals surface area contributed by atoms with Crippen LogP contribution >= 0.6 is 15.9 Å². The van der Waals surface area contributed by atoms with Crippen LogP contribution in [0.2, 0.25) is 0 Å². The quantitative estimate of drug-likeness (QED) is 0.494. The van der Waals surface area contributed by atoms with Crippen molar-refractivity contribution in [2.75, 3.05) is 13.1 Å². The molecule has 2 aliphatic heterocycles. The lowest BCUT2D eigenvalue weighted by molar-refractivity contribution is -0.192. The molecular formula is C22H24BrF3N4O4. The maximum Gasteiger partial charge on any atom is 0.490 e. The van der Waals surface area contributed by atoms with E-state index >= 15 is 0 Å². The van der Waals surface area contributed by atoms with Gasteiger partial charge in [0.05, 0.1) is 11.9 Å². The number of aromatic amines is 1. The van der Waals surface area contributed by atoms with Crippen molar-refractivity contribution in [1.29, 1.82) is 0 Å². The Labute approximate surface area is 202 Å². The lowest BCUT2D eigenvalue weighted by atomic mass is 9.86. The number of benzene rings is 1. The number of rotatable bonds is 5. The summed E-state index contributed by atoms with van der Waals surface area (Å²) in [5.74, 6) is -2.56. The van der Waals surface area contributed by atoms with Crippen LogP contribution in [0.4, 0.5) is 13.2 Å². The molecule has 2 saturated heterocycles. The molecule has 2 aromatic rings. The summed E-state index contributed by atoms with van der Waals surface area (Å²) >= 11 is 3.47. The summed E-state index contributed by atoms with van der Waals surface area (Å²) in [6.45, 7) is 2.90. The number of halogens is 4. The standard InChI is InChI=1S/C20H23BrN4O2.C2HF3O2/c21-17-3-1-14(2-4-17)19-16(11-22-24-19)12-25-7-5-13(6-8-25)9-15-10-18(26)23-20(15)27;3-2(4,5)1(6)7/h1-4,11,13,15H,5-10,12H2,(H,22,24)(H,23,26,27);(H,6,7). The van der Waals surface area contributed by atoms with Crippen molar-refractivity contribution in [1.82, 2.24) is 20.4 Å². The average molecular weight is 545 g/mol. The van der Waals surface area contributed by atoms with Crippen LogP contribution in [0, 0.1) is 11.8 Å². The second-order valence-electron chi connectivity index (χ2n) is 8.35. The second kappa shape index (κ2) is 11.1. The van der Waals surface area contributed by atoms with E-state index in [0.29, 0.717) is 12.3 Å². The van der Waals surface area contributed by atoms with Gasteiger partial charge in [0.15, 0.2) is 0 Å². The predicted octanol–water partition coefficient (Wildman–Crippen LogP) is 3.74. The third-order valence-corrected chi connectivity index (χ3v) is 6.41. The number of aliphatic carboxylic acids is 1. The number of nitrogens with zero attached hydrogens (tertiary/aromatic N) is 2. The number of imide groups is 1. The van der Waals surface area contributed by atoms with Crippen LogP contribution in [0.25, 0.3) is 11.3 Å². The summed E-state index contributed by atoms with van der Waals surface area (Å²) in [4.78, 5) is 34.5. The highest BCUT2D eigenvalue weighted by Crippen LogP contribution is 2.30. The van der Waals surface area contributed by atoms with E-state index in [1.54, 1.807) is 0 Å². The number of carbonyl (C=O) groups is 3. The lowest BCUT2D eigenvalue weighted by Crippen LogP contribution is -2.34. The van der Waals surface area contributed by atoms with Gasteiger partial charge in [-0.2, -0.15) is 18.3 Å². The molecule has 34 heavy (non-hydrogen) atoms. The number of aromatic nitrogens is 2. The highest BCUT2D eigenvalue weighted by Gasteiger charge is 2.38. The summed E-state index contributed by atoms with van der Waals surface area (Å²) in [5.41, 5.74) is 3.42. The van der Waals surface area contributed by atoms with Crippen molar-refractivity contribution in [2.24, 2.45) is 11.8 Å². The minimum atomic E-state index is -5.08. The molecule has 1 unspecified atom stereocenters. The van der Waals surface area contributed by atoms with Crippen molar-refractivity contribution in [2.45, 2.75) is 38.4 Å². The van der Waals surface area contributed by atoms with E-state index < -0.39 is 12.1 Å². The first-order valence-electron chi connectivity index (χ1n) is 10.7. The molecule has 8 nitrogen and oxygen atoms in total. The van der Waals surface area contributed by atoms with Gasteiger partial charge in [0.25, 0.3) is 0 Å². The molecule has 0 spiro atoms. The molecular weight excluding hydrogens is 521 g/mol. The molecule has 4 rings (SSSR count). The smallest absolute Gasteiger partial charge is 0.475 e. The van der Waals surface area contributed by atoms with E-state index in [9.17, 15) is 22.8 Å². The van der Waals surface area contributed by atoms with Crippen LogP contribution in [0.5, 0.6) is 0 Å². The topological polar surface area (TPSA) is 115 Å². The van der Waals surface area contributed by atoms with E-state index in [0.717, 1.165) is 54.6 Å². The number of carbonyl (C=O) groups excluding carboxylic acids is 2. The van der Waals surface area contributed by atoms with E-state index in [1.807, 2.05) is 18.3 Å². The molecule has 3 heterocycles. The number of carboxylic acids is 1. The van der Waals surface area contributed by atoms with Crippen LogP contribution in [-0.2, 0) is 20.9 Å². The lowest BCUT2D eigenvalue weighted by Gasteiger charge is -2.32. The van der Waals surface area contributed by atoms with Gasteiger partial charge in [-0.25, -0.2) is 4.79 Å². The maximum absolute atomic E-state index is 11.8. The zero-order chi connectivity index (χ0) is 24.9. The number of hydrogen-bond acceptors (Lipinski definition) is 5. The minimum absolute atomic E-state index is 0.0834. The number of amides is 2. The molecule has 1 aromatic carbocycles. The number of nitrogens with one attached hydrogen (secondary N) is 2. The van der Waals surface area contributed by atoms with Crippen molar-refractivity contribution >= 4 is 33.7 Å². The monoisotopic (exact) mass is 544 g/mol. The Kier molecular flexibility index (Phi) is 8.47. The van der Waals surface area contributed by atoms with Crippen LogP contribution < -0.4 is 5.32 Å². The third-order valence-electron chi connectivity index (χ3n) is 5.88. The molecule has 0 radical (unpaired) electrons. The van der Waals surface area contributed by atoms with Crippen molar-refractivity contribution in [3.05, 3.63) is 40.5 Å². The van der Waals surface area contributed by atoms with Crippen molar-refractivity contribution in [3.63, 3.8) is 0 Å². The first kappa shape index (κ1) is 25.9. The molecule has 2 aliphatic rings. The molecule has 184 valence electrons. The number of likely N-dealkylation sites (tertiary alicyclic amines) is 1. The second-order valence-corrected chi connectivity index (χ2v) is 9.26. The van der Waals surface area contributed by atoms with Gasteiger partial charge in [-0.3, -0.25) is 24.9 Å². The first-order chi connectivity index (χ1) is 16.0. The molecule has 2 fully saturated rings. The Bertz CT molecular complexity index is 1020. The van der Waals surface area contributed by atoms with E-state index in [-0.39, 0.29) is 17.7 Å². The largest absolute Gasteiger partial charge is 0.490 e. The average Bonchev–Trinajstić information content (AvgIpc) is 3.35. The molecule has 0 aliphatic carbocycles. The van der Waals surface area contributed by atoms with Crippen LogP contribution in [-0.4, -0.2) is 57.3 Å². The molecule has 1 atom stereocenters. The molecule has 1 aromatic heterocycles. The Morgan fingerprint density at radius 3 is 2.32 bits per heavy atom. The highest BCUT2D eigenvalue weighted by atomic mass is 79.9. The van der Waals surface area contributed by atoms with Crippen LogP contribution in [0.1, 0.15) is 31.2 Å². The van der Waals surface area contributed by atoms with Crippen LogP contribution in [0.3, 0.4) is 0 Å².